The van der Waals surface area contributed by atoms with Gasteiger partial charge in [0.05, 0.1) is 18.3 Å². The van der Waals surface area contributed by atoms with Gasteiger partial charge in [-0.3, -0.25) is 4.68 Å². The van der Waals surface area contributed by atoms with Crippen LogP contribution in [-0.4, -0.2) is 29.5 Å². The lowest BCUT2D eigenvalue weighted by Crippen LogP contribution is -2.23. The molecule has 0 aliphatic rings. The van der Waals surface area contributed by atoms with Crippen LogP contribution in [0.25, 0.3) is 0 Å². The van der Waals surface area contributed by atoms with Gasteiger partial charge in [-0.05, 0) is 32.7 Å². The van der Waals surface area contributed by atoms with E-state index in [-0.39, 0.29) is 6.10 Å². The summed E-state index contributed by atoms with van der Waals surface area (Å²) in [6, 6.07) is 0.413. The second-order valence-corrected chi connectivity index (χ2v) is 5.26. The first-order chi connectivity index (χ1) is 9.62. The molecule has 116 valence electrons. The largest absolute Gasteiger partial charge is 0.380 e. The van der Waals surface area contributed by atoms with E-state index in [0.717, 1.165) is 32.4 Å². The highest BCUT2D eigenvalue weighted by Gasteiger charge is 2.22. The predicted octanol–water partition coefficient (Wildman–Crippen LogP) is 3.10. The van der Waals surface area contributed by atoms with E-state index in [1.165, 1.54) is 17.0 Å². The second-order valence-electron chi connectivity index (χ2n) is 5.26. The number of aromatic nitrogens is 2. The summed E-state index contributed by atoms with van der Waals surface area (Å²) in [5, 5.41) is 8.43. The molecule has 4 heteroatoms. The number of rotatable bonds is 9. The van der Waals surface area contributed by atoms with Crippen molar-refractivity contribution in [2.24, 2.45) is 0 Å². The van der Waals surface area contributed by atoms with Crippen molar-refractivity contribution in [2.45, 2.75) is 72.6 Å². The van der Waals surface area contributed by atoms with Crippen LogP contribution < -0.4 is 5.32 Å². The Bertz CT molecular complexity index is 401. The van der Waals surface area contributed by atoms with Gasteiger partial charge in [0.15, 0.2) is 0 Å². The van der Waals surface area contributed by atoms with Crippen molar-refractivity contribution in [3.8, 4) is 0 Å². The summed E-state index contributed by atoms with van der Waals surface area (Å²) in [6.07, 6.45) is 3.29. The van der Waals surface area contributed by atoms with Crippen LogP contribution in [0.2, 0.25) is 0 Å². The molecule has 0 aromatic carbocycles. The molecule has 1 aromatic heterocycles. The molecule has 2 unspecified atom stereocenters. The number of methoxy groups -OCH3 is 1. The number of aryl methyl sites for hydroxylation is 1. The lowest BCUT2D eigenvalue weighted by Gasteiger charge is -2.19. The Labute approximate surface area is 123 Å². The summed E-state index contributed by atoms with van der Waals surface area (Å²) in [5.41, 5.74) is 4.01. The number of ether oxygens (including phenoxy) is 1. The molecule has 1 N–H and O–H groups in total. The number of nitrogens with one attached hydrogen (secondary N) is 1. The van der Waals surface area contributed by atoms with Crippen LogP contribution in [0, 0.1) is 0 Å². The number of nitrogens with zero attached hydrogens (tertiary/aromatic N) is 2. The van der Waals surface area contributed by atoms with E-state index < -0.39 is 0 Å². The Hall–Kier alpha value is -0.870. The van der Waals surface area contributed by atoms with Crippen molar-refractivity contribution in [3.63, 3.8) is 0 Å². The topological polar surface area (TPSA) is 39.1 Å². The van der Waals surface area contributed by atoms with Gasteiger partial charge < -0.3 is 10.1 Å². The maximum atomic E-state index is 5.39. The first-order valence-corrected chi connectivity index (χ1v) is 7.97. The molecule has 1 aromatic rings. The van der Waals surface area contributed by atoms with E-state index in [0.29, 0.717) is 6.04 Å². The molecular weight excluding hydrogens is 250 g/mol. The van der Waals surface area contributed by atoms with E-state index in [1.807, 2.05) is 0 Å². The quantitative estimate of drug-likeness (QED) is 0.756. The Kier molecular flexibility index (Phi) is 7.24. The zero-order valence-electron chi connectivity index (χ0n) is 14.0. The van der Waals surface area contributed by atoms with Gasteiger partial charge in [-0.15, -0.1) is 0 Å². The molecule has 0 spiro atoms. The average molecular weight is 281 g/mol. The highest BCUT2D eigenvalue weighted by molar-refractivity contribution is 5.30. The van der Waals surface area contributed by atoms with E-state index in [1.54, 1.807) is 7.11 Å². The van der Waals surface area contributed by atoms with Crippen LogP contribution in [0.15, 0.2) is 0 Å². The first-order valence-electron chi connectivity index (χ1n) is 7.97. The number of hydrogen-bond acceptors (Lipinski definition) is 3. The fourth-order valence-corrected chi connectivity index (χ4v) is 2.77. The van der Waals surface area contributed by atoms with E-state index >= 15 is 0 Å². The van der Waals surface area contributed by atoms with Crippen LogP contribution in [0.5, 0.6) is 0 Å². The molecule has 0 radical (unpaired) electrons. The Morgan fingerprint density at radius 2 is 1.90 bits per heavy atom. The van der Waals surface area contributed by atoms with Gasteiger partial charge in [0, 0.05) is 24.4 Å². The van der Waals surface area contributed by atoms with Gasteiger partial charge in [0.1, 0.15) is 0 Å². The first kappa shape index (κ1) is 17.2. The molecule has 1 heterocycles. The van der Waals surface area contributed by atoms with Crippen molar-refractivity contribution < 1.29 is 4.74 Å². The highest BCUT2D eigenvalue weighted by Crippen LogP contribution is 2.26. The normalized spacial score (nSPS) is 14.5. The van der Waals surface area contributed by atoms with Crippen LogP contribution in [0.4, 0.5) is 0 Å². The maximum absolute atomic E-state index is 5.39. The van der Waals surface area contributed by atoms with E-state index in [9.17, 15) is 0 Å². The zero-order valence-corrected chi connectivity index (χ0v) is 14.0. The van der Waals surface area contributed by atoms with Crippen molar-refractivity contribution in [3.05, 3.63) is 17.0 Å². The average Bonchev–Trinajstić information content (AvgIpc) is 2.81. The van der Waals surface area contributed by atoms with Gasteiger partial charge in [0.2, 0.25) is 0 Å². The van der Waals surface area contributed by atoms with Crippen molar-refractivity contribution in [2.75, 3.05) is 13.7 Å². The monoisotopic (exact) mass is 281 g/mol. The molecule has 4 nitrogen and oxygen atoms in total. The summed E-state index contributed by atoms with van der Waals surface area (Å²) < 4.78 is 7.55. The standard InChI is InChI=1S/C16H31N3O/c1-7-13(17-10-4)16-14(8-2)18-19(15(16)9-3)11-12(5)20-6/h12-13,17H,7-11H2,1-6H3. The summed E-state index contributed by atoms with van der Waals surface area (Å²) in [6.45, 7) is 12.7. The summed E-state index contributed by atoms with van der Waals surface area (Å²) >= 11 is 0. The van der Waals surface area contributed by atoms with Gasteiger partial charge in [-0.1, -0.05) is 27.7 Å². The zero-order chi connectivity index (χ0) is 15.1. The fraction of sp³-hybridized carbons (Fsp3) is 0.812. The van der Waals surface area contributed by atoms with Crippen LogP contribution >= 0.6 is 0 Å². The lowest BCUT2D eigenvalue weighted by molar-refractivity contribution is 0.0989. The Morgan fingerprint density at radius 3 is 2.35 bits per heavy atom. The molecule has 0 bridgehead atoms. The van der Waals surface area contributed by atoms with Crippen molar-refractivity contribution in [1.29, 1.82) is 0 Å². The number of hydrogen-bond donors (Lipinski definition) is 1. The van der Waals surface area contributed by atoms with Crippen LogP contribution in [-0.2, 0) is 24.1 Å². The van der Waals surface area contributed by atoms with Gasteiger partial charge in [0.25, 0.3) is 0 Å². The van der Waals surface area contributed by atoms with Crippen molar-refractivity contribution >= 4 is 0 Å². The molecular formula is C16H31N3O. The molecule has 1 rings (SSSR count). The van der Waals surface area contributed by atoms with E-state index in [2.05, 4.69) is 44.6 Å². The van der Waals surface area contributed by atoms with Gasteiger partial charge >= 0.3 is 0 Å². The van der Waals surface area contributed by atoms with Gasteiger partial charge in [-0.25, -0.2) is 0 Å². The van der Waals surface area contributed by atoms with Gasteiger partial charge in [-0.2, -0.15) is 5.10 Å². The molecule has 0 fully saturated rings. The predicted molar refractivity (Wildman–Crippen MR) is 84.2 cm³/mol. The molecule has 0 aliphatic carbocycles. The smallest absolute Gasteiger partial charge is 0.0739 e. The second kappa shape index (κ2) is 8.42. The summed E-state index contributed by atoms with van der Waals surface area (Å²) in [4.78, 5) is 0. The highest BCUT2D eigenvalue weighted by atomic mass is 16.5. The molecule has 20 heavy (non-hydrogen) atoms. The summed E-state index contributed by atoms with van der Waals surface area (Å²) in [7, 11) is 1.76. The summed E-state index contributed by atoms with van der Waals surface area (Å²) in [5.74, 6) is 0. The molecule has 0 amide bonds. The molecule has 0 saturated carbocycles. The van der Waals surface area contributed by atoms with Crippen molar-refractivity contribution in [1.82, 2.24) is 15.1 Å². The lowest BCUT2D eigenvalue weighted by atomic mass is 9.99. The Morgan fingerprint density at radius 1 is 1.20 bits per heavy atom. The van der Waals surface area contributed by atoms with Crippen LogP contribution in [0.1, 0.15) is 64.0 Å². The SMILES string of the molecule is CCNC(CC)c1c(CC)nn(CC(C)OC)c1CC. The fourth-order valence-electron chi connectivity index (χ4n) is 2.77. The third-order valence-electron chi connectivity index (χ3n) is 3.88. The molecule has 2 atom stereocenters. The third kappa shape index (κ3) is 3.83. The molecule has 0 aliphatic heterocycles. The third-order valence-corrected chi connectivity index (χ3v) is 3.88. The Balaban J connectivity index is 3.19. The van der Waals surface area contributed by atoms with E-state index in [4.69, 9.17) is 9.84 Å². The molecule has 0 saturated heterocycles. The minimum absolute atomic E-state index is 0.192. The van der Waals surface area contributed by atoms with Crippen LogP contribution in [0.3, 0.4) is 0 Å². The minimum Gasteiger partial charge on any atom is -0.380 e. The minimum atomic E-state index is 0.192. The maximum Gasteiger partial charge on any atom is 0.0739 e.